The number of anilines is 1. The predicted octanol–water partition coefficient (Wildman–Crippen LogP) is 3.15. The largest absolute Gasteiger partial charge is 0.385 e. The Labute approximate surface area is 100 Å². The van der Waals surface area contributed by atoms with E-state index in [0.717, 1.165) is 29.7 Å². The molecule has 0 aliphatic heterocycles. The number of nitrogens with one attached hydrogen (secondary N) is 1. The molecular formula is C12H19BrN2. The van der Waals surface area contributed by atoms with Gasteiger partial charge in [-0.25, -0.2) is 0 Å². The van der Waals surface area contributed by atoms with Crippen LogP contribution in [0.25, 0.3) is 0 Å². The first-order chi connectivity index (χ1) is 7.13. The summed E-state index contributed by atoms with van der Waals surface area (Å²) in [6.45, 7) is 6.04. The quantitative estimate of drug-likeness (QED) is 0.863. The summed E-state index contributed by atoms with van der Waals surface area (Å²) in [7, 11) is 0. The molecule has 0 heterocycles. The second-order valence-corrected chi connectivity index (χ2v) is 4.88. The highest BCUT2D eigenvalue weighted by Crippen LogP contribution is 2.20. The molecule has 0 radical (unpaired) electrons. The summed E-state index contributed by atoms with van der Waals surface area (Å²) in [6, 6.07) is 6.33. The van der Waals surface area contributed by atoms with E-state index in [0.29, 0.717) is 5.92 Å². The number of rotatable bonds is 5. The molecule has 0 amide bonds. The van der Waals surface area contributed by atoms with E-state index in [-0.39, 0.29) is 0 Å². The van der Waals surface area contributed by atoms with Crippen molar-refractivity contribution in [2.24, 2.45) is 11.7 Å². The predicted molar refractivity (Wildman–Crippen MR) is 70.2 cm³/mol. The molecule has 15 heavy (non-hydrogen) atoms. The fraction of sp³-hybridized carbons (Fsp3) is 0.500. The number of hydrogen-bond acceptors (Lipinski definition) is 2. The lowest BCUT2D eigenvalue weighted by Gasteiger charge is -2.13. The van der Waals surface area contributed by atoms with Gasteiger partial charge in [0.05, 0.1) is 0 Å². The van der Waals surface area contributed by atoms with E-state index < -0.39 is 0 Å². The summed E-state index contributed by atoms with van der Waals surface area (Å²) in [5, 5.41) is 3.41. The van der Waals surface area contributed by atoms with E-state index >= 15 is 0 Å². The zero-order valence-corrected chi connectivity index (χ0v) is 11.0. The van der Waals surface area contributed by atoms with Gasteiger partial charge in [0.15, 0.2) is 0 Å². The van der Waals surface area contributed by atoms with E-state index in [2.05, 4.69) is 53.3 Å². The molecule has 0 aromatic heterocycles. The van der Waals surface area contributed by atoms with Gasteiger partial charge < -0.3 is 11.1 Å². The third-order valence-corrected chi connectivity index (χ3v) is 3.34. The fourth-order valence-electron chi connectivity index (χ4n) is 1.38. The first-order valence-electron chi connectivity index (χ1n) is 5.33. The lowest BCUT2D eigenvalue weighted by atomic mass is 10.1. The maximum Gasteiger partial charge on any atom is 0.0351 e. The van der Waals surface area contributed by atoms with Crippen LogP contribution < -0.4 is 11.1 Å². The van der Waals surface area contributed by atoms with Gasteiger partial charge >= 0.3 is 0 Å². The Morgan fingerprint density at radius 2 is 2.20 bits per heavy atom. The Kier molecular flexibility index (Phi) is 5.12. The number of aryl methyl sites for hydroxylation is 1. The van der Waals surface area contributed by atoms with Crippen LogP contribution in [0.15, 0.2) is 22.7 Å². The molecule has 0 fully saturated rings. The van der Waals surface area contributed by atoms with Crippen LogP contribution in [-0.2, 0) is 0 Å². The van der Waals surface area contributed by atoms with Gasteiger partial charge in [-0.05, 0) is 43.5 Å². The van der Waals surface area contributed by atoms with Crippen molar-refractivity contribution in [2.45, 2.75) is 20.3 Å². The van der Waals surface area contributed by atoms with Crippen LogP contribution in [0, 0.1) is 12.8 Å². The van der Waals surface area contributed by atoms with Gasteiger partial charge in [-0.3, -0.25) is 0 Å². The van der Waals surface area contributed by atoms with E-state index in [9.17, 15) is 0 Å². The van der Waals surface area contributed by atoms with Crippen molar-refractivity contribution in [2.75, 3.05) is 18.4 Å². The van der Waals surface area contributed by atoms with Crippen molar-refractivity contribution in [1.82, 2.24) is 0 Å². The highest BCUT2D eigenvalue weighted by atomic mass is 79.9. The van der Waals surface area contributed by atoms with Gasteiger partial charge in [-0.15, -0.1) is 0 Å². The highest BCUT2D eigenvalue weighted by Gasteiger charge is 2.01. The molecule has 0 aliphatic rings. The standard InChI is InChI=1S/C12H19BrN2/c1-9(5-6-14)8-15-11-4-3-10(2)12(13)7-11/h3-4,7,9,15H,5-6,8,14H2,1-2H3. The van der Waals surface area contributed by atoms with Crippen molar-refractivity contribution in [1.29, 1.82) is 0 Å². The van der Waals surface area contributed by atoms with Crippen LogP contribution in [-0.4, -0.2) is 13.1 Å². The molecular weight excluding hydrogens is 252 g/mol. The first kappa shape index (κ1) is 12.5. The smallest absolute Gasteiger partial charge is 0.0351 e. The molecule has 0 aliphatic carbocycles. The second-order valence-electron chi connectivity index (χ2n) is 4.03. The molecule has 3 N–H and O–H groups in total. The Morgan fingerprint density at radius 1 is 1.47 bits per heavy atom. The van der Waals surface area contributed by atoms with E-state index in [1.165, 1.54) is 5.56 Å². The lowest BCUT2D eigenvalue weighted by molar-refractivity contribution is 0.568. The van der Waals surface area contributed by atoms with Crippen LogP contribution in [0.2, 0.25) is 0 Å². The molecule has 2 nitrogen and oxygen atoms in total. The Morgan fingerprint density at radius 3 is 2.80 bits per heavy atom. The average molecular weight is 271 g/mol. The van der Waals surface area contributed by atoms with Crippen LogP contribution in [0.1, 0.15) is 18.9 Å². The van der Waals surface area contributed by atoms with Crippen molar-refractivity contribution in [3.63, 3.8) is 0 Å². The van der Waals surface area contributed by atoms with Crippen molar-refractivity contribution < 1.29 is 0 Å². The maximum atomic E-state index is 5.51. The normalized spacial score (nSPS) is 12.5. The van der Waals surface area contributed by atoms with Crippen molar-refractivity contribution >= 4 is 21.6 Å². The maximum absolute atomic E-state index is 5.51. The third-order valence-electron chi connectivity index (χ3n) is 2.49. The van der Waals surface area contributed by atoms with Crippen molar-refractivity contribution in [3.05, 3.63) is 28.2 Å². The number of nitrogens with two attached hydrogens (primary N) is 1. The SMILES string of the molecule is Cc1ccc(NCC(C)CCN)cc1Br. The summed E-state index contributed by atoms with van der Waals surface area (Å²) in [4.78, 5) is 0. The summed E-state index contributed by atoms with van der Waals surface area (Å²) < 4.78 is 1.15. The zero-order valence-electron chi connectivity index (χ0n) is 9.39. The number of hydrogen-bond donors (Lipinski definition) is 2. The molecule has 0 saturated carbocycles. The van der Waals surface area contributed by atoms with E-state index in [1.807, 2.05) is 0 Å². The van der Waals surface area contributed by atoms with Gasteiger partial charge in [-0.1, -0.05) is 28.9 Å². The monoisotopic (exact) mass is 270 g/mol. The molecule has 0 bridgehead atoms. The number of benzene rings is 1. The summed E-state index contributed by atoms with van der Waals surface area (Å²) >= 11 is 3.52. The highest BCUT2D eigenvalue weighted by molar-refractivity contribution is 9.10. The van der Waals surface area contributed by atoms with Gasteiger partial charge in [0, 0.05) is 16.7 Å². The molecule has 1 aromatic rings. The fourth-order valence-corrected chi connectivity index (χ4v) is 1.76. The summed E-state index contributed by atoms with van der Waals surface area (Å²) in [6.07, 6.45) is 1.07. The topological polar surface area (TPSA) is 38.0 Å². The molecule has 84 valence electrons. The lowest BCUT2D eigenvalue weighted by Crippen LogP contribution is -2.15. The molecule has 0 spiro atoms. The first-order valence-corrected chi connectivity index (χ1v) is 6.13. The summed E-state index contributed by atoms with van der Waals surface area (Å²) in [5.74, 6) is 0.620. The molecule has 1 atom stereocenters. The van der Waals surface area contributed by atoms with Crippen LogP contribution >= 0.6 is 15.9 Å². The van der Waals surface area contributed by atoms with Gasteiger partial charge in [-0.2, -0.15) is 0 Å². The molecule has 3 heteroatoms. The third kappa shape index (κ3) is 4.22. The summed E-state index contributed by atoms with van der Waals surface area (Å²) in [5.41, 5.74) is 7.93. The second kappa shape index (κ2) is 6.13. The minimum atomic E-state index is 0.620. The molecule has 1 aromatic carbocycles. The van der Waals surface area contributed by atoms with Crippen LogP contribution in [0.4, 0.5) is 5.69 Å². The molecule has 1 rings (SSSR count). The van der Waals surface area contributed by atoms with Crippen LogP contribution in [0.5, 0.6) is 0 Å². The van der Waals surface area contributed by atoms with Crippen LogP contribution in [0.3, 0.4) is 0 Å². The molecule has 0 saturated heterocycles. The van der Waals surface area contributed by atoms with Gasteiger partial charge in [0.2, 0.25) is 0 Å². The van der Waals surface area contributed by atoms with E-state index in [1.54, 1.807) is 0 Å². The van der Waals surface area contributed by atoms with E-state index in [4.69, 9.17) is 5.73 Å². The Bertz CT molecular complexity index is 312. The zero-order chi connectivity index (χ0) is 11.3. The Balaban J connectivity index is 2.47. The van der Waals surface area contributed by atoms with Gasteiger partial charge in [0.1, 0.15) is 0 Å². The van der Waals surface area contributed by atoms with Gasteiger partial charge in [0.25, 0.3) is 0 Å². The van der Waals surface area contributed by atoms with Crippen molar-refractivity contribution in [3.8, 4) is 0 Å². The Hall–Kier alpha value is -0.540. The molecule has 1 unspecified atom stereocenters. The minimum absolute atomic E-state index is 0.620. The minimum Gasteiger partial charge on any atom is -0.385 e. The number of halogens is 1. The average Bonchev–Trinajstić information content (AvgIpc) is 2.20.